The first kappa shape index (κ1) is 18.7. The highest BCUT2D eigenvalue weighted by molar-refractivity contribution is 7.90. The SMILES string of the molecule is CS(=O)(=O)c1ccc(-n2nnnc2CN2CCCCC2Cn2ccnn2)cc1. The van der Waals surface area contributed by atoms with Crippen molar-refractivity contribution in [2.24, 2.45) is 0 Å². The molecule has 0 aliphatic carbocycles. The number of piperidine rings is 1. The van der Waals surface area contributed by atoms with Crippen LogP contribution in [-0.4, -0.2) is 67.4 Å². The summed E-state index contributed by atoms with van der Waals surface area (Å²) < 4.78 is 26.8. The Hall–Kier alpha value is -2.66. The molecule has 1 saturated heterocycles. The third kappa shape index (κ3) is 4.09. The molecule has 148 valence electrons. The van der Waals surface area contributed by atoms with Crippen LogP contribution >= 0.6 is 0 Å². The fourth-order valence-electron chi connectivity index (χ4n) is 3.54. The lowest BCUT2D eigenvalue weighted by Crippen LogP contribution is -2.42. The fourth-order valence-corrected chi connectivity index (χ4v) is 4.17. The number of tetrazole rings is 1. The van der Waals surface area contributed by atoms with Crippen molar-refractivity contribution in [1.29, 1.82) is 0 Å². The van der Waals surface area contributed by atoms with Crippen LogP contribution in [0.15, 0.2) is 41.6 Å². The van der Waals surface area contributed by atoms with Gasteiger partial charge in [-0.25, -0.2) is 8.42 Å². The summed E-state index contributed by atoms with van der Waals surface area (Å²) >= 11 is 0. The van der Waals surface area contributed by atoms with Gasteiger partial charge in [0.05, 0.1) is 29.9 Å². The maximum absolute atomic E-state index is 11.7. The Morgan fingerprint density at radius 3 is 2.68 bits per heavy atom. The van der Waals surface area contributed by atoms with E-state index in [0.29, 0.717) is 12.6 Å². The van der Waals surface area contributed by atoms with E-state index in [0.717, 1.165) is 37.4 Å². The molecule has 1 aliphatic rings. The smallest absolute Gasteiger partial charge is 0.175 e. The second kappa shape index (κ2) is 7.76. The molecule has 0 N–H and O–H groups in total. The minimum absolute atomic E-state index is 0.273. The lowest BCUT2D eigenvalue weighted by Gasteiger charge is -2.35. The van der Waals surface area contributed by atoms with E-state index in [2.05, 4.69) is 30.7 Å². The summed E-state index contributed by atoms with van der Waals surface area (Å²) in [6.45, 7) is 2.37. The van der Waals surface area contributed by atoms with E-state index in [1.54, 1.807) is 35.1 Å². The number of likely N-dealkylation sites (tertiary alicyclic amines) is 1. The maximum Gasteiger partial charge on any atom is 0.175 e. The van der Waals surface area contributed by atoms with Crippen LogP contribution in [0, 0.1) is 0 Å². The number of nitrogens with zero attached hydrogens (tertiary/aromatic N) is 8. The van der Waals surface area contributed by atoms with E-state index >= 15 is 0 Å². The number of sulfone groups is 1. The third-order valence-electron chi connectivity index (χ3n) is 5.01. The highest BCUT2D eigenvalue weighted by Gasteiger charge is 2.25. The average molecular weight is 402 g/mol. The quantitative estimate of drug-likeness (QED) is 0.593. The molecule has 1 aliphatic heterocycles. The van der Waals surface area contributed by atoms with Crippen LogP contribution in [0.25, 0.3) is 5.69 Å². The van der Waals surface area contributed by atoms with Gasteiger partial charge in [0.2, 0.25) is 0 Å². The zero-order valence-corrected chi connectivity index (χ0v) is 16.4. The predicted molar refractivity (Wildman–Crippen MR) is 100 cm³/mol. The Bertz CT molecular complexity index is 1010. The van der Waals surface area contributed by atoms with Gasteiger partial charge >= 0.3 is 0 Å². The predicted octanol–water partition coefficient (Wildman–Crippen LogP) is 0.712. The number of aromatic nitrogens is 7. The van der Waals surface area contributed by atoms with Gasteiger partial charge in [0.25, 0.3) is 0 Å². The molecule has 0 bridgehead atoms. The molecule has 1 atom stereocenters. The minimum Gasteiger partial charge on any atom is -0.291 e. The van der Waals surface area contributed by atoms with Gasteiger partial charge in [-0.2, -0.15) is 4.68 Å². The number of benzene rings is 1. The summed E-state index contributed by atoms with van der Waals surface area (Å²) in [5.74, 6) is 0.720. The largest absolute Gasteiger partial charge is 0.291 e. The van der Waals surface area contributed by atoms with Gasteiger partial charge in [0.1, 0.15) is 0 Å². The van der Waals surface area contributed by atoms with E-state index in [4.69, 9.17) is 0 Å². The van der Waals surface area contributed by atoms with Crippen LogP contribution in [0.3, 0.4) is 0 Å². The molecule has 0 spiro atoms. The fraction of sp³-hybridized carbons (Fsp3) is 0.471. The zero-order chi connectivity index (χ0) is 19.6. The van der Waals surface area contributed by atoms with Gasteiger partial charge < -0.3 is 0 Å². The monoisotopic (exact) mass is 402 g/mol. The Morgan fingerprint density at radius 2 is 1.96 bits per heavy atom. The van der Waals surface area contributed by atoms with Crippen molar-refractivity contribution >= 4 is 9.84 Å². The van der Waals surface area contributed by atoms with Gasteiger partial charge in [0, 0.05) is 18.5 Å². The van der Waals surface area contributed by atoms with Crippen LogP contribution in [-0.2, 0) is 22.9 Å². The van der Waals surface area contributed by atoms with Crippen molar-refractivity contribution in [3.8, 4) is 5.69 Å². The van der Waals surface area contributed by atoms with Gasteiger partial charge in [-0.1, -0.05) is 11.6 Å². The van der Waals surface area contributed by atoms with E-state index in [1.165, 1.54) is 12.7 Å². The highest BCUT2D eigenvalue weighted by Crippen LogP contribution is 2.21. The van der Waals surface area contributed by atoms with Crippen molar-refractivity contribution < 1.29 is 8.42 Å². The van der Waals surface area contributed by atoms with E-state index in [9.17, 15) is 8.42 Å². The summed E-state index contributed by atoms with van der Waals surface area (Å²) in [6.07, 6.45) is 8.17. The normalized spacial score (nSPS) is 18.4. The van der Waals surface area contributed by atoms with Crippen LogP contribution < -0.4 is 0 Å². The third-order valence-corrected chi connectivity index (χ3v) is 6.14. The highest BCUT2D eigenvalue weighted by atomic mass is 32.2. The molecular weight excluding hydrogens is 380 g/mol. The molecular formula is C17H22N8O2S. The van der Waals surface area contributed by atoms with E-state index < -0.39 is 9.84 Å². The van der Waals surface area contributed by atoms with Crippen molar-refractivity contribution in [2.75, 3.05) is 12.8 Å². The van der Waals surface area contributed by atoms with E-state index in [1.807, 2.05) is 10.9 Å². The van der Waals surface area contributed by atoms with Gasteiger partial charge in [-0.15, -0.1) is 10.2 Å². The lowest BCUT2D eigenvalue weighted by molar-refractivity contribution is 0.117. The minimum atomic E-state index is -3.24. The van der Waals surface area contributed by atoms with Crippen molar-refractivity contribution in [3.63, 3.8) is 0 Å². The molecule has 4 rings (SSSR count). The van der Waals surface area contributed by atoms with Crippen molar-refractivity contribution in [3.05, 3.63) is 42.5 Å². The summed E-state index contributed by atoms with van der Waals surface area (Å²) in [5.41, 5.74) is 0.734. The Balaban J connectivity index is 1.53. The molecule has 0 radical (unpaired) electrons. The van der Waals surface area contributed by atoms with Crippen LogP contribution in [0.1, 0.15) is 25.1 Å². The van der Waals surface area contributed by atoms with Crippen LogP contribution in [0.4, 0.5) is 0 Å². The first-order valence-electron chi connectivity index (χ1n) is 9.16. The molecule has 3 aromatic rings. The second-order valence-electron chi connectivity index (χ2n) is 7.02. The molecule has 0 saturated carbocycles. The number of hydrogen-bond donors (Lipinski definition) is 0. The van der Waals surface area contributed by atoms with Crippen LogP contribution in [0.2, 0.25) is 0 Å². The average Bonchev–Trinajstić information content (AvgIpc) is 3.35. The standard InChI is InChI=1S/C17H22N8O2S/c1-28(26,27)16-7-5-14(6-8-16)25-17(19-20-22-25)13-23-10-3-2-4-15(23)12-24-11-9-18-21-24/h5-9,11,15H,2-4,10,12-13H2,1H3. The van der Waals surface area contributed by atoms with Crippen molar-refractivity contribution in [2.45, 2.75) is 43.3 Å². The summed E-state index contributed by atoms with van der Waals surface area (Å²) in [5, 5.41) is 20.1. The Morgan fingerprint density at radius 1 is 1.14 bits per heavy atom. The lowest BCUT2D eigenvalue weighted by atomic mass is 10.0. The Kier molecular flexibility index (Phi) is 5.18. The molecule has 1 aromatic carbocycles. The molecule has 1 fully saturated rings. The molecule has 3 heterocycles. The molecule has 11 heteroatoms. The summed E-state index contributed by atoms with van der Waals surface area (Å²) in [7, 11) is -3.24. The van der Waals surface area contributed by atoms with Crippen molar-refractivity contribution in [1.82, 2.24) is 40.1 Å². The van der Waals surface area contributed by atoms with Crippen LogP contribution in [0.5, 0.6) is 0 Å². The topological polar surface area (TPSA) is 112 Å². The zero-order valence-electron chi connectivity index (χ0n) is 15.6. The van der Waals surface area contributed by atoms with Gasteiger partial charge in [0.15, 0.2) is 15.7 Å². The molecule has 2 aromatic heterocycles. The number of hydrogen-bond acceptors (Lipinski definition) is 8. The molecule has 10 nitrogen and oxygen atoms in total. The van der Waals surface area contributed by atoms with Gasteiger partial charge in [-0.05, 0) is 54.1 Å². The second-order valence-corrected chi connectivity index (χ2v) is 9.03. The van der Waals surface area contributed by atoms with Gasteiger partial charge in [-0.3, -0.25) is 9.58 Å². The summed E-state index contributed by atoms with van der Waals surface area (Å²) in [6, 6.07) is 6.93. The maximum atomic E-state index is 11.7. The van der Waals surface area contributed by atoms with E-state index in [-0.39, 0.29) is 4.90 Å². The number of rotatable bonds is 6. The summed E-state index contributed by atoms with van der Waals surface area (Å²) in [4.78, 5) is 2.65. The first-order valence-corrected chi connectivity index (χ1v) is 11.1. The first-order chi connectivity index (χ1) is 13.5. The molecule has 0 amide bonds. The molecule has 28 heavy (non-hydrogen) atoms. The molecule has 1 unspecified atom stereocenters. The Labute approximate surface area is 163 Å².